The highest BCUT2D eigenvalue weighted by Gasteiger charge is 2.41. The molecule has 0 aromatic rings. The van der Waals surface area contributed by atoms with E-state index in [4.69, 9.17) is 4.74 Å². The molecule has 1 saturated carbocycles. The van der Waals surface area contributed by atoms with E-state index in [2.05, 4.69) is 26.8 Å². The van der Waals surface area contributed by atoms with Gasteiger partial charge in [-0.1, -0.05) is 25.5 Å². The second-order valence-electron chi connectivity index (χ2n) is 6.51. The van der Waals surface area contributed by atoms with Gasteiger partial charge in [-0.2, -0.15) is 0 Å². The van der Waals surface area contributed by atoms with Gasteiger partial charge >= 0.3 is 0 Å². The molecule has 0 bridgehead atoms. The summed E-state index contributed by atoms with van der Waals surface area (Å²) >= 11 is 0. The van der Waals surface area contributed by atoms with E-state index in [-0.39, 0.29) is 17.6 Å². The summed E-state index contributed by atoms with van der Waals surface area (Å²) in [4.78, 5) is 12.1. The molecule has 1 rings (SSSR count). The number of ether oxygens (including phenoxy) is 1. The van der Waals surface area contributed by atoms with E-state index >= 15 is 0 Å². The maximum Gasteiger partial charge on any atom is 0.162 e. The van der Waals surface area contributed by atoms with Crippen LogP contribution in [0.2, 0.25) is 0 Å². The number of aliphatic hydroxyl groups excluding tert-OH is 1. The number of carbonyl (C=O) groups excluding carboxylic acids is 1. The van der Waals surface area contributed by atoms with Gasteiger partial charge in [0.1, 0.15) is 6.10 Å². The Labute approximate surface area is 123 Å². The highest BCUT2D eigenvalue weighted by atomic mass is 16.5. The molecule has 1 aliphatic rings. The molecular weight excluding hydrogens is 252 g/mol. The number of methoxy groups -OCH3 is 1. The molecule has 0 aliphatic heterocycles. The van der Waals surface area contributed by atoms with Crippen molar-refractivity contribution in [3.05, 3.63) is 11.6 Å². The molecule has 1 unspecified atom stereocenters. The fraction of sp³-hybridized carbons (Fsp3) is 0.824. The standard InChI is InChI=1S/C17H30O3/c1-11(2)7-6-8-12(3)16-14(13(4)18)9-10-15(19)17(16)20-5/h8,11,13-14,16-18H,6-7,9-10H2,1-5H3/b12-8+/t13?,14-,16-,17-/m1/s1. The zero-order chi connectivity index (χ0) is 15.3. The smallest absolute Gasteiger partial charge is 0.162 e. The van der Waals surface area contributed by atoms with Crippen LogP contribution in [0.1, 0.15) is 53.4 Å². The van der Waals surface area contributed by atoms with E-state index in [0.717, 1.165) is 19.3 Å². The number of Topliss-reactive ketones (excluding diaryl/α,β-unsaturated/α-hetero) is 1. The van der Waals surface area contributed by atoms with Gasteiger partial charge in [-0.3, -0.25) is 4.79 Å². The summed E-state index contributed by atoms with van der Waals surface area (Å²) < 4.78 is 5.44. The zero-order valence-corrected chi connectivity index (χ0v) is 13.6. The first-order valence-corrected chi connectivity index (χ1v) is 7.78. The normalized spacial score (nSPS) is 29.9. The molecule has 1 aliphatic carbocycles. The number of carbonyl (C=O) groups is 1. The van der Waals surface area contributed by atoms with Gasteiger partial charge in [0.2, 0.25) is 0 Å². The van der Waals surface area contributed by atoms with Gasteiger partial charge in [-0.25, -0.2) is 0 Å². The molecule has 0 aromatic heterocycles. The van der Waals surface area contributed by atoms with Crippen molar-refractivity contribution >= 4 is 5.78 Å². The van der Waals surface area contributed by atoms with Crippen LogP contribution in [0.4, 0.5) is 0 Å². The molecule has 4 atom stereocenters. The lowest BCUT2D eigenvalue weighted by atomic mass is 9.70. The van der Waals surface area contributed by atoms with Crippen LogP contribution in [0, 0.1) is 17.8 Å². The maximum atomic E-state index is 12.1. The fourth-order valence-electron chi connectivity index (χ4n) is 3.23. The van der Waals surface area contributed by atoms with Crippen LogP contribution in [0.25, 0.3) is 0 Å². The van der Waals surface area contributed by atoms with Gasteiger partial charge in [0.15, 0.2) is 5.78 Å². The van der Waals surface area contributed by atoms with Crippen LogP contribution in [-0.4, -0.2) is 30.2 Å². The number of allylic oxidation sites excluding steroid dienone is 1. The lowest BCUT2D eigenvalue weighted by molar-refractivity contribution is -0.138. The summed E-state index contributed by atoms with van der Waals surface area (Å²) in [7, 11) is 1.60. The Morgan fingerprint density at radius 1 is 1.45 bits per heavy atom. The van der Waals surface area contributed by atoms with Crippen LogP contribution < -0.4 is 0 Å². The van der Waals surface area contributed by atoms with Crippen LogP contribution in [-0.2, 0) is 9.53 Å². The van der Waals surface area contributed by atoms with Crippen molar-refractivity contribution in [2.45, 2.75) is 65.6 Å². The Bertz CT molecular complexity index is 344. The molecule has 3 nitrogen and oxygen atoms in total. The highest BCUT2D eigenvalue weighted by Crippen LogP contribution is 2.37. The largest absolute Gasteiger partial charge is 0.393 e. The number of hydrogen-bond acceptors (Lipinski definition) is 3. The molecule has 0 amide bonds. The van der Waals surface area contributed by atoms with Crippen LogP contribution in [0.15, 0.2) is 11.6 Å². The monoisotopic (exact) mass is 282 g/mol. The van der Waals surface area contributed by atoms with Gasteiger partial charge in [0.05, 0.1) is 6.10 Å². The summed E-state index contributed by atoms with van der Waals surface area (Å²) in [5.41, 5.74) is 1.19. The number of rotatable bonds is 6. The van der Waals surface area contributed by atoms with Gasteiger partial charge in [-0.05, 0) is 44.9 Å². The maximum absolute atomic E-state index is 12.1. The summed E-state index contributed by atoms with van der Waals surface area (Å²) in [5, 5.41) is 10.0. The third-order valence-corrected chi connectivity index (χ3v) is 4.44. The van der Waals surface area contributed by atoms with E-state index in [1.54, 1.807) is 7.11 Å². The van der Waals surface area contributed by atoms with E-state index in [9.17, 15) is 9.90 Å². The quantitative estimate of drug-likeness (QED) is 0.760. The third-order valence-electron chi connectivity index (χ3n) is 4.44. The zero-order valence-electron chi connectivity index (χ0n) is 13.6. The Morgan fingerprint density at radius 2 is 2.10 bits per heavy atom. The molecule has 0 radical (unpaired) electrons. The highest BCUT2D eigenvalue weighted by molar-refractivity contribution is 5.84. The molecule has 20 heavy (non-hydrogen) atoms. The molecular formula is C17H30O3. The summed E-state index contributed by atoms with van der Waals surface area (Å²) in [6.45, 7) is 8.32. The SMILES string of the molecule is CO[C@@H]1C(=O)CC[C@H](C(C)O)[C@H]1/C(C)=C/CCC(C)C. The minimum Gasteiger partial charge on any atom is -0.393 e. The summed E-state index contributed by atoms with van der Waals surface area (Å²) in [6, 6.07) is 0. The van der Waals surface area contributed by atoms with Crippen molar-refractivity contribution in [3.8, 4) is 0 Å². The number of aliphatic hydroxyl groups is 1. The Kier molecular flexibility index (Phi) is 6.90. The van der Waals surface area contributed by atoms with E-state index in [0.29, 0.717) is 12.3 Å². The average molecular weight is 282 g/mol. The van der Waals surface area contributed by atoms with E-state index in [1.165, 1.54) is 5.57 Å². The first-order chi connectivity index (χ1) is 9.38. The van der Waals surface area contributed by atoms with Gasteiger partial charge < -0.3 is 9.84 Å². The van der Waals surface area contributed by atoms with Gasteiger partial charge in [0, 0.05) is 19.4 Å². The predicted octanol–water partition coefficient (Wildman–Crippen LogP) is 3.36. The van der Waals surface area contributed by atoms with Gasteiger partial charge in [-0.15, -0.1) is 0 Å². The number of hydrogen-bond donors (Lipinski definition) is 1. The topological polar surface area (TPSA) is 46.5 Å². The molecule has 0 saturated heterocycles. The van der Waals surface area contributed by atoms with E-state index < -0.39 is 12.2 Å². The lowest BCUT2D eigenvalue weighted by Gasteiger charge is -2.38. The Morgan fingerprint density at radius 3 is 2.60 bits per heavy atom. The first kappa shape index (κ1) is 17.4. The second-order valence-corrected chi connectivity index (χ2v) is 6.51. The van der Waals surface area contributed by atoms with Crippen LogP contribution >= 0.6 is 0 Å². The molecule has 0 aromatic carbocycles. The number of ketones is 1. The Hall–Kier alpha value is -0.670. The molecule has 0 spiro atoms. The average Bonchev–Trinajstić information content (AvgIpc) is 2.37. The molecule has 116 valence electrons. The Balaban J connectivity index is 2.88. The molecule has 1 fully saturated rings. The minimum absolute atomic E-state index is 0.0217. The minimum atomic E-state index is -0.404. The van der Waals surface area contributed by atoms with Crippen molar-refractivity contribution in [1.82, 2.24) is 0 Å². The summed E-state index contributed by atoms with van der Waals surface area (Å²) in [5.74, 6) is 0.991. The predicted molar refractivity (Wildman–Crippen MR) is 81.5 cm³/mol. The van der Waals surface area contributed by atoms with Crippen molar-refractivity contribution in [2.75, 3.05) is 7.11 Å². The van der Waals surface area contributed by atoms with Crippen LogP contribution in [0.5, 0.6) is 0 Å². The van der Waals surface area contributed by atoms with Gasteiger partial charge in [0.25, 0.3) is 0 Å². The lowest BCUT2D eigenvalue weighted by Crippen LogP contribution is -2.45. The fourth-order valence-corrected chi connectivity index (χ4v) is 3.23. The third kappa shape index (κ3) is 4.42. The van der Waals surface area contributed by atoms with Crippen molar-refractivity contribution < 1.29 is 14.6 Å². The van der Waals surface area contributed by atoms with Crippen molar-refractivity contribution in [1.29, 1.82) is 0 Å². The van der Waals surface area contributed by atoms with Crippen LogP contribution in [0.3, 0.4) is 0 Å². The first-order valence-electron chi connectivity index (χ1n) is 7.78. The molecule has 0 heterocycles. The van der Waals surface area contributed by atoms with Crippen molar-refractivity contribution in [3.63, 3.8) is 0 Å². The van der Waals surface area contributed by atoms with Crippen molar-refractivity contribution in [2.24, 2.45) is 17.8 Å². The molecule has 1 N–H and O–H groups in total. The second kappa shape index (κ2) is 7.94. The summed E-state index contributed by atoms with van der Waals surface area (Å²) in [6.07, 6.45) is 4.88. The molecule has 3 heteroatoms. The van der Waals surface area contributed by atoms with E-state index in [1.807, 2.05) is 6.92 Å².